The molecule has 6 nitrogen and oxygen atoms in total. The monoisotopic (exact) mass is 496 g/mol. The Bertz CT molecular complexity index is 947. The van der Waals surface area contributed by atoms with E-state index in [4.69, 9.17) is 0 Å². The summed E-state index contributed by atoms with van der Waals surface area (Å²) in [5.41, 5.74) is 0. The van der Waals surface area contributed by atoms with Gasteiger partial charge in [-0.1, -0.05) is 12.8 Å². The van der Waals surface area contributed by atoms with E-state index in [1.165, 1.54) is 11.3 Å². The zero-order valence-electron chi connectivity index (χ0n) is 19.1. The molecule has 0 aromatic carbocycles. The number of hydrogen-bond acceptors (Lipinski definition) is 5. The second kappa shape index (κ2) is 11.0. The molecule has 10 heteroatoms. The molecule has 0 bridgehead atoms. The first kappa shape index (κ1) is 24.9. The van der Waals surface area contributed by atoms with Crippen molar-refractivity contribution in [2.45, 2.75) is 57.2 Å². The number of fused-ring (bicyclic) bond motifs is 1. The van der Waals surface area contributed by atoms with Gasteiger partial charge in [-0.3, -0.25) is 14.6 Å². The minimum Gasteiger partial charge on any atom is -0.351 e. The number of nitrogens with one attached hydrogen (secondary N) is 2. The molecule has 2 aromatic heterocycles. The lowest BCUT2D eigenvalue weighted by Crippen LogP contribution is -2.52. The van der Waals surface area contributed by atoms with Crippen LogP contribution in [0, 0.1) is 11.8 Å². The summed E-state index contributed by atoms with van der Waals surface area (Å²) in [6, 6.07) is 2.30. The number of halogens is 3. The van der Waals surface area contributed by atoms with E-state index in [9.17, 15) is 22.8 Å². The van der Waals surface area contributed by atoms with Crippen molar-refractivity contribution in [2.75, 3.05) is 26.2 Å². The van der Waals surface area contributed by atoms with Crippen molar-refractivity contribution < 1.29 is 22.8 Å². The quantitative estimate of drug-likeness (QED) is 0.559. The standard InChI is InChI=1S/C24H31F3N4O2S/c25-24(26,27)21-5-4-18(14-30-21)23(33)31-11-7-16(8-12-31)3-1-2-9-29-22(32)19-13-17-6-10-28-15-20(17)34-19/h6,10,13,15-16,18,21,30H,1-5,7-9,11-12,14H2,(H,29,32). The number of thiophene rings is 1. The van der Waals surface area contributed by atoms with Gasteiger partial charge in [0.2, 0.25) is 5.91 Å². The van der Waals surface area contributed by atoms with Crippen molar-refractivity contribution in [3.63, 3.8) is 0 Å². The van der Waals surface area contributed by atoms with Gasteiger partial charge in [0.15, 0.2) is 0 Å². The summed E-state index contributed by atoms with van der Waals surface area (Å²) in [6.07, 6.45) is 4.34. The molecule has 2 saturated heterocycles. The Labute approximate surface area is 201 Å². The molecule has 4 rings (SSSR count). The molecule has 0 aliphatic carbocycles. The van der Waals surface area contributed by atoms with Gasteiger partial charge in [-0.15, -0.1) is 11.3 Å². The van der Waals surface area contributed by atoms with Crippen LogP contribution in [-0.4, -0.2) is 60.1 Å². The first-order chi connectivity index (χ1) is 16.3. The van der Waals surface area contributed by atoms with E-state index in [1.807, 2.05) is 17.0 Å². The predicted molar refractivity (Wildman–Crippen MR) is 126 cm³/mol. The number of amides is 2. The van der Waals surface area contributed by atoms with Crippen LogP contribution >= 0.6 is 11.3 Å². The van der Waals surface area contributed by atoms with Gasteiger partial charge in [0.25, 0.3) is 5.91 Å². The van der Waals surface area contributed by atoms with Gasteiger partial charge in [-0.05, 0) is 55.5 Å². The lowest BCUT2D eigenvalue weighted by Gasteiger charge is -2.37. The second-order valence-corrected chi connectivity index (χ2v) is 10.4. The number of unbranched alkanes of at least 4 members (excludes halogenated alkanes) is 1. The summed E-state index contributed by atoms with van der Waals surface area (Å²) in [5.74, 6) is 0.142. The predicted octanol–water partition coefficient (Wildman–Crippen LogP) is 4.37. The number of hydrogen-bond donors (Lipinski definition) is 2. The number of likely N-dealkylation sites (tertiary alicyclic amines) is 1. The Balaban J connectivity index is 1.09. The highest BCUT2D eigenvalue weighted by atomic mass is 32.1. The van der Waals surface area contributed by atoms with Gasteiger partial charge in [-0.25, -0.2) is 0 Å². The largest absolute Gasteiger partial charge is 0.403 e. The Morgan fingerprint density at radius 2 is 1.97 bits per heavy atom. The maximum absolute atomic E-state index is 12.8. The van der Waals surface area contributed by atoms with Crippen molar-refractivity contribution in [1.29, 1.82) is 0 Å². The molecule has 34 heavy (non-hydrogen) atoms. The molecular formula is C24H31F3N4O2S. The lowest BCUT2D eigenvalue weighted by molar-refractivity contribution is -0.165. The summed E-state index contributed by atoms with van der Waals surface area (Å²) >= 11 is 1.45. The van der Waals surface area contributed by atoms with E-state index in [1.54, 1.807) is 12.4 Å². The van der Waals surface area contributed by atoms with Gasteiger partial charge in [0.05, 0.1) is 15.5 Å². The number of rotatable bonds is 7. The Kier molecular flexibility index (Phi) is 8.08. The molecule has 2 fully saturated rings. The van der Waals surface area contributed by atoms with E-state index in [2.05, 4.69) is 15.6 Å². The SMILES string of the molecule is O=C(NCCCCC1CCN(C(=O)C2CCC(C(F)(F)F)NC2)CC1)c1cc2ccncc2s1. The number of pyridine rings is 1. The fourth-order valence-electron chi connectivity index (χ4n) is 4.89. The van der Waals surface area contributed by atoms with Gasteiger partial charge >= 0.3 is 6.18 Å². The summed E-state index contributed by atoms with van der Waals surface area (Å²) in [7, 11) is 0. The van der Waals surface area contributed by atoms with Crippen molar-refractivity contribution in [3.05, 3.63) is 29.4 Å². The summed E-state index contributed by atoms with van der Waals surface area (Å²) in [6.45, 7) is 2.10. The fourth-order valence-corrected chi connectivity index (χ4v) is 5.84. The molecule has 0 radical (unpaired) electrons. The molecular weight excluding hydrogens is 465 g/mol. The molecule has 186 valence electrons. The maximum Gasteiger partial charge on any atom is 0.403 e. The van der Waals surface area contributed by atoms with Crippen LogP contribution < -0.4 is 10.6 Å². The first-order valence-electron chi connectivity index (χ1n) is 12.0. The Morgan fingerprint density at radius 1 is 1.18 bits per heavy atom. The summed E-state index contributed by atoms with van der Waals surface area (Å²) < 4.78 is 39.4. The zero-order chi connectivity index (χ0) is 24.1. The third-order valence-electron chi connectivity index (χ3n) is 6.96. The van der Waals surface area contributed by atoms with E-state index in [0.29, 0.717) is 36.9 Å². The highest BCUT2D eigenvalue weighted by Gasteiger charge is 2.43. The molecule has 2 aliphatic rings. The number of carbonyl (C=O) groups is 2. The van der Waals surface area contributed by atoms with Crippen molar-refractivity contribution in [3.8, 4) is 0 Å². The summed E-state index contributed by atoms with van der Waals surface area (Å²) in [4.78, 5) is 31.7. The Morgan fingerprint density at radius 3 is 2.65 bits per heavy atom. The third kappa shape index (κ3) is 6.27. The van der Waals surface area contributed by atoms with E-state index in [-0.39, 0.29) is 30.7 Å². The second-order valence-electron chi connectivity index (χ2n) is 9.32. The number of aromatic nitrogens is 1. The van der Waals surface area contributed by atoms with Gasteiger partial charge in [0.1, 0.15) is 6.04 Å². The average Bonchev–Trinajstić information content (AvgIpc) is 3.28. The van der Waals surface area contributed by atoms with E-state index in [0.717, 1.165) is 42.2 Å². The number of nitrogens with zero attached hydrogens (tertiary/aromatic N) is 2. The van der Waals surface area contributed by atoms with Crippen LogP contribution in [0.25, 0.3) is 10.1 Å². The zero-order valence-corrected chi connectivity index (χ0v) is 19.9. The van der Waals surface area contributed by atoms with Crippen LogP contribution in [0.1, 0.15) is 54.6 Å². The van der Waals surface area contributed by atoms with Crippen LogP contribution in [0.2, 0.25) is 0 Å². The maximum atomic E-state index is 12.8. The van der Waals surface area contributed by atoms with E-state index >= 15 is 0 Å². The Hall–Kier alpha value is -2.20. The molecule has 2 amide bonds. The normalized spacial score (nSPS) is 22.1. The van der Waals surface area contributed by atoms with Crippen molar-refractivity contribution in [2.24, 2.45) is 11.8 Å². The average molecular weight is 497 g/mol. The molecule has 2 N–H and O–H groups in total. The van der Waals surface area contributed by atoms with Gasteiger partial charge < -0.3 is 15.5 Å². The number of piperidine rings is 2. The lowest BCUT2D eigenvalue weighted by atomic mass is 9.89. The number of alkyl halides is 3. The highest BCUT2D eigenvalue weighted by molar-refractivity contribution is 7.20. The van der Waals surface area contributed by atoms with Crippen LogP contribution in [0.3, 0.4) is 0 Å². The molecule has 2 aliphatic heterocycles. The number of carbonyl (C=O) groups excluding carboxylic acids is 2. The minimum atomic E-state index is -4.24. The van der Waals surface area contributed by atoms with Crippen LogP contribution in [0.4, 0.5) is 13.2 Å². The fraction of sp³-hybridized carbons (Fsp3) is 0.625. The topological polar surface area (TPSA) is 74.3 Å². The van der Waals surface area contributed by atoms with Gasteiger partial charge in [0, 0.05) is 38.6 Å². The molecule has 0 spiro atoms. The smallest absolute Gasteiger partial charge is 0.351 e. The molecule has 2 atom stereocenters. The molecule has 4 heterocycles. The molecule has 0 saturated carbocycles. The van der Waals surface area contributed by atoms with Crippen LogP contribution in [-0.2, 0) is 4.79 Å². The molecule has 2 unspecified atom stereocenters. The van der Waals surface area contributed by atoms with Crippen LogP contribution in [0.5, 0.6) is 0 Å². The van der Waals surface area contributed by atoms with Crippen molar-refractivity contribution >= 4 is 33.2 Å². The van der Waals surface area contributed by atoms with E-state index < -0.39 is 12.2 Å². The molecule has 2 aromatic rings. The van der Waals surface area contributed by atoms with Crippen LogP contribution in [0.15, 0.2) is 24.5 Å². The highest BCUT2D eigenvalue weighted by Crippen LogP contribution is 2.30. The van der Waals surface area contributed by atoms with Gasteiger partial charge in [-0.2, -0.15) is 13.2 Å². The minimum absolute atomic E-state index is 0.00805. The summed E-state index contributed by atoms with van der Waals surface area (Å²) in [5, 5.41) is 6.52. The first-order valence-corrected chi connectivity index (χ1v) is 12.8. The third-order valence-corrected chi connectivity index (χ3v) is 8.04. The van der Waals surface area contributed by atoms with Crippen molar-refractivity contribution in [1.82, 2.24) is 20.5 Å².